The highest BCUT2D eigenvalue weighted by Gasteiger charge is 2.29. The third kappa shape index (κ3) is 5.61. The third-order valence-electron chi connectivity index (χ3n) is 6.00. The lowest BCUT2D eigenvalue weighted by molar-refractivity contribution is -0.120. The van der Waals surface area contributed by atoms with Crippen LogP contribution in [0, 0.1) is 13.8 Å². The number of halogens is 1. The summed E-state index contributed by atoms with van der Waals surface area (Å²) in [7, 11) is -4.04. The van der Waals surface area contributed by atoms with Gasteiger partial charge in [-0.25, -0.2) is 8.42 Å². The third-order valence-corrected chi connectivity index (χ3v) is 8.19. The Kier molecular flexibility index (Phi) is 7.77. The van der Waals surface area contributed by atoms with Crippen molar-refractivity contribution in [1.29, 1.82) is 0 Å². The van der Waals surface area contributed by atoms with Gasteiger partial charge >= 0.3 is 0 Å². The van der Waals surface area contributed by atoms with E-state index in [0.717, 1.165) is 26.6 Å². The van der Waals surface area contributed by atoms with Gasteiger partial charge in [0.25, 0.3) is 10.0 Å². The van der Waals surface area contributed by atoms with Crippen molar-refractivity contribution in [3.05, 3.63) is 130 Å². The van der Waals surface area contributed by atoms with Crippen LogP contribution in [0.2, 0.25) is 5.02 Å². The van der Waals surface area contributed by atoms with Crippen LogP contribution in [0.4, 0.5) is 5.69 Å². The molecule has 0 heterocycles. The van der Waals surface area contributed by atoms with Crippen molar-refractivity contribution in [3.8, 4) is 0 Å². The molecule has 0 radical (unpaired) electrons. The van der Waals surface area contributed by atoms with Gasteiger partial charge in [0.05, 0.1) is 16.6 Å². The molecule has 1 amide bonds. The number of amides is 1. The number of anilines is 1. The molecule has 36 heavy (non-hydrogen) atoms. The molecule has 1 atom stereocenters. The first kappa shape index (κ1) is 25.5. The number of hydrogen-bond acceptors (Lipinski definition) is 3. The largest absolute Gasteiger partial charge is 0.344 e. The second-order valence-electron chi connectivity index (χ2n) is 8.53. The highest BCUT2D eigenvalue weighted by molar-refractivity contribution is 7.92. The maximum absolute atomic E-state index is 13.6. The monoisotopic (exact) mass is 518 g/mol. The first-order chi connectivity index (χ1) is 17.3. The van der Waals surface area contributed by atoms with Gasteiger partial charge in [0.1, 0.15) is 6.54 Å². The molecule has 5 nitrogen and oxygen atoms in total. The van der Waals surface area contributed by atoms with Gasteiger partial charge in [-0.2, -0.15) is 0 Å². The molecule has 4 rings (SSSR count). The van der Waals surface area contributed by atoms with Gasteiger partial charge in [-0.15, -0.1) is 0 Å². The molecule has 7 heteroatoms. The maximum atomic E-state index is 13.6. The van der Waals surface area contributed by atoms with Crippen LogP contribution in [0.3, 0.4) is 0 Å². The van der Waals surface area contributed by atoms with Crippen LogP contribution in [-0.2, 0) is 14.8 Å². The Morgan fingerprint density at radius 3 is 2.08 bits per heavy atom. The summed E-state index contributed by atoms with van der Waals surface area (Å²) in [5, 5.41) is 3.48. The summed E-state index contributed by atoms with van der Waals surface area (Å²) >= 11 is 6.33. The Morgan fingerprint density at radius 1 is 0.833 bits per heavy atom. The van der Waals surface area contributed by atoms with Crippen LogP contribution in [0.15, 0.2) is 108 Å². The molecule has 0 saturated carbocycles. The summed E-state index contributed by atoms with van der Waals surface area (Å²) in [6, 6.07) is 30.0. The van der Waals surface area contributed by atoms with E-state index in [9.17, 15) is 13.2 Å². The Hall–Kier alpha value is -3.61. The number of sulfonamides is 1. The standard InChI is InChI=1S/C29H27ClN2O3S/c1-21-11-9-10-16-26(21)29(23-12-5-3-6-13-23)31-28(33)20-32(24-18-17-22(2)27(30)19-24)36(34,35)25-14-7-4-8-15-25/h3-19,29H,20H2,1-2H3,(H,31,33). The summed E-state index contributed by atoms with van der Waals surface area (Å²) in [6.07, 6.45) is 0. The van der Waals surface area contributed by atoms with Crippen LogP contribution < -0.4 is 9.62 Å². The Bertz CT molecular complexity index is 1460. The second-order valence-corrected chi connectivity index (χ2v) is 10.8. The average Bonchev–Trinajstić information content (AvgIpc) is 2.89. The van der Waals surface area contributed by atoms with Crippen molar-refractivity contribution >= 4 is 33.2 Å². The van der Waals surface area contributed by atoms with Crippen molar-refractivity contribution in [3.63, 3.8) is 0 Å². The molecule has 4 aromatic carbocycles. The van der Waals surface area contributed by atoms with Gasteiger partial charge in [-0.3, -0.25) is 9.10 Å². The molecule has 0 aliphatic rings. The van der Waals surface area contributed by atoms with Crippen LogP contribution >= 0.6 is 11.6 Å². The van der Waals surface area contributed by atoms with Crippen molar-refractivity contribution in [1.82, 2.24) is 5.32 Å². The quantitative estimate of drug-likeness (QED) is 0.308. The number of benzene rings is 4. The van der Waals surface area contributed by atoms with E-state index in [0.29, 0.717) is 10.7 Å². The van der Waals surface area contributed by atoms with Crippen LogP contribution in [-0.4, -0.2) is 20.9 Å². The number of hydrogen-bond donors (Lipinski definition) is 1. The molecule has 0 saturated heterocycles. The molecule has 0 fully saturated rings. The molecule has 1 N–H and O–H groups in total. The van der Waals surface area contributed by atoms with E-state index in [2.05, 4.69) is 5.32 Å². The van der Waals surface area contributed by atoms with E-state index in [1.54, 1.807) is 36.4 Å². The normalized spacial score (nSPS) is 12.1. The van der Waals surface area contributed by atoms with Crippen LogP contribution in [0.25, 0.3) is 0 Å². The van der Waals surface area contributed by atoms with Crippen molar-refractivity contribution in [2.24, 2.45) is 0 Å². The first-order valence-electron chi connectivity index (χ1n) is 11.5. The molecule has 0 aliphatic carbocycles. The van der Waals surface area contributed by atoms with Crippen molar-refractivity contribution < 1.29 is 13.2 Å². The predicted octanol–water partition coefficient (Wildman–Crippen LogP) is 6.06. The van der Waals surface area contributed by atoms with Gasteiger partial charge in [0.15, 0.2) is 0 Å². The fraction of sp³-hybridized carbons (Fsp3) is 0.138. The lowest BCUT2D eigenvalue weighted by Gasteiger charge is -2.27. The molecule has 184 valence electrons. The molecule has 4 aromatic rings. The van der Waals surface area contributed by atoms with Crippen molar-refractivity contribution in [2.75, 3.05) is 10.8 Å². The number of carbonyl (C=O) groups excluding carboxylic acids is 1. The van der Waals surface area contributed by atoms with E-state index < -0.39 is 28.5 Å². The molecular weight excluding hydrogens is 492 g/mol. The van der Waals surface area contributed by atoms with E-state index in [-0.39, 0.29) is 4.90 Å². The van der Waals surface area contributed by atoms with Gasteiger partial charge in [-0.05, 0) is 60.4 Å². The fourth-order valence-corrected chi connectivity index (χ4v) is 5.61. The molecule has 0 spiro atoms. The van der Waals surface area contributed by atoms with E-state index in [4.69, 9.17) is 11.6 Å². The van der Waals surface area contributed by atoms with E-state index in [1.807, 2.05) is 68.4 Å². The zero-order valence-electron chi connectivity index (χ0n) is 20.1. The van der Waals surface area contributed by atoms with Gasteiger partial charge in [0.2, 0.25) is 5.91 Å². The Balaban J connectivity index is 1.71. The summed E-state index contributed by atoms with van der Waals surface area (Å²) in [5.74, 6) is -0.441. The highest BCUT2D eigenvalue weighted by Crippen LogP contribution is 2.29. The second kappa shape index (κ2) is 11.0. The fourth-order valence-electron chi connectivity index (χ4n) is 4.01. The summed E-state index contributed by atoms with van der Waals surface area (Å²) < 4.78 is 28.4. The maximum Gasteiger partial charge on any atom is 0.264 e. The first-order valence-corrected chi connectivity index (χ1v) is 13.3. The Morgan fingerprint density at radius 2 is 1.44 bits per heavy atom. The smallest absolute Gasteiger partial charge is 0.264 e. The molecular formula is C29H27ClN2O3S. The van der Waals surface area contributed by atoms with Crippen LogP contribution in [0.5, 0.6) is 0 Å². The highest BCUT2D eigenvalue weighted by atomic mass is 35.5. The average molecular weight is 519 g/mol. The zero-order valence-corrected chi connectivity index (χ0v) is 21.6. The lowest BCUT2D eigenvalue weighted by atomic mass is 9.95. The van der Waals surface area contributed by atoms with Crippen LogP contribution in [0.1, 0.15) is 28.3 Å². The summed E-state index contributed by atoms with van der Waals surface area (Å²) in [4.78, 5) is 13.6. The molecule has 0 aromatic heterocycles. The lowest BCUT2D eigenvalue weighted by Crippen LogP contribution is -2.42. The van der Waals surface area contributed by atoms with E-state index in [1.165, 1.54) is 12.1 Å². The summed E-state index contributed by atoms with van der Waals surface area (Å²) in [6.45, 7) is 3.41. The summed E-state index contributed by atoms with van der Waals surface area (Å²) in [5.41, 5.74) is 3.98. The van der Waals surface area contributed by atoms with Gasteiger partial charge in [-0.1, -0.05) is 90.5 Å². The Labute approximate surface area is 217 Å². The molecule has 0 bridgehead atoms. The van der Waals surface area contributed by atoms with E-state index >= 15 is 0 Å². The zero-order chi connectivity index (χ0) is 25.7. The minimum Gasteiger partial charge on any atom is -0.344 e. The number of carbonyl (C=O) groups is 1. The minimum absolute atomic E-state index is 0.0908. The number of aryl methyl sites for hydroxylation is 2. The molecule has 0 aliphatic heterocycles. The number of nitrogens with zero attached hydrogens (tertiary/aromatic N) is 1. The topological polar surface area (TPSA) is 66.5 Å². The van der Waals surface area contributed by atoms with Crippen molar-refractivity contribution in [2.45, 2.75) is 24.8 Å². The number of rotatable bonds is 8. The predicted molar refractivity (Wildman–Crippen MR) is 145 cm³/mol. The molecule has 1 unspecified atom stereocenters. The number of nitrogens with one attached hydrogen (secondary N) is 1. The minimum atomic E-state index is -4.04. The van der Waals surface area contributed by atoms with Gasteiger partial charge in [0, 0.05) is 5.02 Å². The SMILES string of the molecule is Cc1ccc(N(CC(=O)NC(c2ccccc2)c2ccccc2C)S(=O)(=O)c2ccccc2)cc1Cl. The van der Waals surface area contributed by atoms with Gasteiger partial charge < -0.3 is 5.32 Å².